The maximum atomic E-state index is 14.7. The van der Waals surface area contributed by atoms with E-state index in [-0.39, 0.29) is 29.5 Å². The number of nitrogens with zero attached hydrogens (tertiary/aromatic N) is 6. The first-order chi connectivity index (χ1) is 14.5. The molecule has 0 bridgehead atoms. The van der Waals surface area contributed by atoms with Crippen LogP contribution >= 0.6 is 0 Å². The second-order valence-corrected chi connectivity index (χ2v) is 7.72. The third kappa shape index (κ3) is 3.86. The number of hydrogen-bond donors (Lipinski definition) is 0. The van der Waals surface area contributed by atoms with Gasteiger partial charge in [0.25, 0.3) is 11.9 Å². The van der Waals surface area contributed by atoms with Gasteiger partial charge in [-0.3, -0.25) is 4.68 Å². The van der Waals surface area contributed by atoms with Crippen LogP contribution in [-0.2, 0) is 11.3 Å². The summed E-state index contributed by atoms with van der Waals surface area (Å²) in [6.45, 7) is 4.84. The highest BCUT2D eigenvalue weighted by Gasteiger charge is 2.24. The van der Waals surface area contributed by atoms with E-state index in [1.165, 1.54) is 37.0 Å². The lowest BCUT2D eigenvalue weighted by atomic mass is 9.83. The Labute approximate surface area is 173 Å². The van der Waals surface area contributed by atoms with Crippen LogP contribution in [0, 0.1) is 17.8 Å². The Hall–Kier alpha value is -3.04. The van der Waals surface area contributed by atoms with Crippen LogP contribution in [0.5, 0.6) is 5.88 Å². The van der Waals surface area contributed by atoms with Crippen LogP contribution in [0.4, 0.5) is 4.39 Å². The zero-order valence-electron chi connectivity index (χ0n) is 17.3. The summed E-state index contributed by atoms with van der Waals surface area (Å²) in [4.78, 5) is 20.5. The van der Waals surface area contributed by atoms with Crippen molar-refractivity contribution in [3.63, 3.8) is 0 Å². The molecule has 1 aliphatic carbocycles. The molecule has 0 radical (unpaired) electrons. The van der Waals surface area contributed by atoms with E-state index in [0.717, 1.165) is 18.8 Å². The molecule has 9 nitrogen and oxygen atoms in total. The van der Waals surface area contributed by atoms with Gasteiger partial charge in [-0.15, -0.1) is 5.10 Å². The molecule has 1 saturated carbocycles. The summed E-state index contributed by atoms with van der Waals surface area (Å²) in [6, 6.07) is 0. The zero-order chi connectivity index (χ0) is 21.3. The number of esters is 1. The molecule has 4 rings (SSSR count). The highest BCUT2D eigenvalue weighted by molar-refractivity contribution is 5.88. The Morgan fingerprint density at radius 3 is 2.73 bits per heavy atom. The Bertz CT molecular complexity index is 1050. The molecule has 1 fully saturated rings. The number of aromatic nitrogens is 6. The van der Waals surface area contributed by atoms with Crippen molar-refractivity contribution in [2.45, 2.75) is 46.1 Å². The van der Waals surface area contributed by atoms with Crippen molar-refractivity contribution in [3.8, 4) is 11.8 Å². The van der Waals surface area contributed by atoms with Crippen LogP contribution in [0.25, 0.3) is 17.0 Å². The summed E-state index contributed by atoms with van der Waals surface area (Å²) in [7, 11) is 1.47. The SMILES string of the molecule is CCOC(=O)c1cnn(-c2nc(OC)c3c(n2)c(F)nn3CC2CCC(C)CC2)c1. The van der Waals surface area contributed by atoms with Crippen LogP contribution in [-0.4, -0.2) is 49.2 Å². The standard InChI is InChI=1S/C20H25FN6O3/c1-4-30-19(28)14-9-22-27(11-14)20-23-15-16(18(24-20)29-3)26(25-17(15)21)10-13-7-5-12(2)6-8-13/h9,11-13H,4-8,10H2,1-3H3. The maximum Gasteiger partial charge on any atom is 0.341 e. The van der Waals surface area contributed by atoms with E-state index < -0.39 is 11.9 Å². The minimum Gasteiger partial charge on any atom is -0.479 e. The number of ether oxygens (including phenoxy) is 2. The van der Waals surface area contributed by atoms with E-state index >= 15 is 0 Å². The van der Waals surface area contributed by atoms with Gasteiger partial charge in [0.1, 0.15) is 0 Å². The molecule has 0 amide bonds. The molecule has 0 atom stereocenters. The molecule has 0 aromatic carbocycles. The number of hydrogen-bond acceptors (Lipinski definition) is 7. The molecular formula is C20H25FN6O3. The summed E-state index contributed by atoms with van der Waals surface area (Å²) < 4.78 is 28.0. The van der Waals surface area contributed by atoms with E-state index in [1.54, 1.807) is 11.6 Å². The van der Waals surface area contributed by atoms with Gasteiger partial charge in [-0.05, 0) is 31.6 Å². The van der Waals surface area contributed by atoms with E-state index in [9.17, 15) is 9.18 Å². The van der Waals surface area contributed by atoms with Crippen LogP contribution in [0.15, 0.2) is 12.4 Å². The van der Waals surface area contributed by atoms with Crippen molar-refractivity contribution in [1.82, 2.24) is 29.5 Å². The maximum absolute atomic E-state index is 14.7. The van der Waals surface area contributed by atoms with Crippen LogP contribution in [0.2, 0.25) is 0 Å². The second-order valence-electron chi connectivity index (χ2n) is 7.72. The Morgan fingerprint density at radius 2 is 2.03 bits per heavy atom. The van der Waals surface area contributed by atoms with Gasteiger partial charge < -0.3 is 9.47 Å². The number of methoxy groups -OCH3 is 1. The monoisotopic (exact) mass is 416 g/mol. The predicted molar refractivity (Wildman–Crippen MR) is 106 cm³/mol. The van der Waals surface area contributed by atoms with Gasteiger partial charge in [-0.1, -0.05) is 19.8 Å². The smallest absolute Gasteiger partial charge is 0.341 e. The molecule has 3 heterocycles. The predicted octanol–water partition coefficient (Wildman–Crippen LogP) is 3.16. The van der Waals surface area contributed by atoms with E-state index in [0.29, 0.717) is 18.0 Å². The highest BCUT2D eigenvalue weighted by atomic mass is 19.1. The minimum absolute atomic E-state index is 0.0641. The van der Waals surface area contributed by atoms with Crippen molar-refractivity contribution >= 4 is 17.0 Å². The van der Waals surface area contributed by atoms with E-state index in [4.69, 9.17) is 9.47 Å². The van der Waals surface area contributed by atoms with Gasteiger partial charge in [0.15, 0.2) is 11.0 Å². The molecule has 3 aromatic rings. The molecule has 30 heavy (non-hydrogen) atoms. The summed E-state index contributed by atoms with van der Waals surface area (Å²) in [6.07, 6.45) is 7.31. The lowest BCUT2D eigenvalue weighted by molar-refractivity contribution is 0.0526. The van der Waals surface area contributed by atoms with Crippen molar-refractivity contribution in [1.29, 1.82) is 0 Å². The molecule has 1 aliphatic rings. The van der Waals surface area contributed by atoms with Gasteiger partial charge in [0.2, 0.25) is 5.88 Å². The topological polar surface area (TPSA) is 96.9 Å². The summed E-state index contributed by atoms with van der Waals surface area (Å²) in [5.74, 6) is 0.280. The van der Waals surface area contributed by atoms with Crippen LogP contribution in [0.1, 0.15) is 49.9 Å². The first-order valence-electron chi connectivity index (χ1n) is 10.2. The highest BCUT2D eigenvalue weighted by Crippen LogP contribution is 2.32. The minimum atomic E-state index is -0.686. The fourth-order valence-corrected chi connectivity index (χ4v) is 3.89. The summed E-state index contributed by atoms with van der Waals surface area (Å²) in [5, 5.41) is 8.16. The summed E-state index contributed by atoms with van der Waals surface area (Å²) in [5.41, 5.74) is 0.742. The van der Waals surface area contributed by atoms with Gasteiger partial charge in [0, 0.05) is 12.7 Å². The largest absolute Gasteiger partial charge is 0.479 e. The number of carbonyl (C=O) groups excluding carboxylic acids is 1. The van der Waals surface area contributed by atoms with Gasteiger partial charge in [-0.2, -0.15) is 14.5 Å². The second kappa shape index (κ2) is 8.37. The number of rotatable bonds is 6. The average Bonchev–Trinajstić information content (AvgIpc) is 3.35. The van der Waals surface area contributed by atoms with Gasteiger partial charge >= 0.3 is 5.97 Å². The molecule has 0 spiro atoms. The van der Waals surface area contributed by atoms with E-state index in [2.05, 4.69) is 27.1 Å². The number of fused-ring (bicyclic) bond motifs is 1. The first kappa shape index (κ1) is 20.2. The lowest BCUT2D eigenvalue weighted by Crippen LogP contribution is -2.18. The molecule has 10 heteroatoms. The summed E-state index contributed by atoms with van der Waals surface area (Å²) >= 11 is 0. The third-order valence-corrected chi connectivity index (χ3v) is 5.56. The fraction of sp³-hybridized carbons (Fsp3) is 0.550. The van der Waals surface area contributed by atoms with Crippen molar-refractivity contribution in [2.75, 3.05) is 13.7 Å². The number of halogens is 1. The van der Waals surface area contributed by atoms with E-state index in [1.807, 2.05) is 0 Å². The van der Waals surface area contributed by atoms with Gasteiger partial charge in [0.05, 0.1) is 25.5 Å². The lowest BCUT2D eigenvalue weighted by Gasteiger charge is -2.26. The first-order valence-corrected chi connectivity index (χ1v) is 10.2. The normalized spacial score (nSPS) is 19.2. The molecule has 3 aromatic heterocycles. The Balaban J connectivity index is 1.68. The molecule has 0 aliphatic heterocycles. The molecule has 0 unspecified atom stereocenters. The van der Waals surface area contributed by atoms with Crippen molar-refractivity contribution in [2.24, 2.45) is 11.8 Å². The quantitative estimate of drug-likeness (QED) is 0.569. The van der Waals surface area contributed by atoms with Crippen molar-refractivity contribution in [3.05, 3.63) is 23.9 Å². The fourth-order valence-electron chi connectivity index (χ4n) is 3.89. The van der Waals surface area contributed by atoms with Crippen LogP contribution < -0.4 is 4.74 Å². The molecule has 0 saturated heterocycles. The van der Waals surface area contributed by atoms with Gasteiger partial charge in [-0.25, -0.2) is 14.5 Å². The molecule has 0 N–H and O–H groups in total. The molecular weight excluding hydrogens is 391 g/mol. The average molecular weight is 416 g/mol. The third-order valence-electron chi connectivity index (χ3n) is 5.56. The number of carbonyl (C=O) groups is 1. The Morgan fingerprint density at radius 1 is 1.27 bits per heavy atom. The van der Waals surface area contributed by atoms with Crippen LogP contribution in [0.3, 0.4) is 0 Å². The Kier molecular flexibility index (Phi) is 5.65. The molecule has 160 valence electrons. The van der Waals surface area contributed by atoms with Crippen molar-refractivity contribution < 1.29 is 18.7 Å². The zero-order valence-corrected chi connectivity index (χ0v) is 17.3.